The molecule has 0 N–H and O–H groups in total. The van der Waals surface area contributed by atoms with E-state index in [2.05, 4.69) is 4.74 Å². The second-order valence-electron chi connectivity index (χ2n) is 4.45. The second kappa shape index (κ2) is 7.31. The largest absolute Gasteiger partial charge is 0.496 e. The molecule has 2 rings (SSSR count). The average Bonchev–Trinajstić information content (AvgIpc) is 2.61. The van der Waals surface area contributed by atoms with Gasteiger partial charge in [-0.2, -0.15) is 0 Å². The minimum atomic E-state index is -0.591. The Morgan fingerprint density at radius 2 is 1.48 bits per heavy atom. The summed E-state index contributed by atoms with van der Waals surface area (Å²) in [4.78, 5) is 23.8. The Hall–Kier alpha value is -3.02. The molecule has 23 heavy (non-hydrogen) atoms. The van der Waals surface area contributed by atoms with Gasteiger partial charge in [0.25, 0.3) is 0 Å². The Morgan fingerprint density at radius 1 is 0.783 bits per heavy atom. The molecule has 0 bridgehead atoms. The van der Waals surface area contributed by atoms with Crippen LogP contribution in [0.2, 0.25) is 0 Å². The number of hydrogen-bond acceptors (Lipinski definition) is 6. The highest BCUT2D eigenvalue weighted by molar-refractivity contribution is 5.95. The molecule has 0 saturated carbocycles. The normalized spacial score (nSPS) is 9.87. The number of methoxy groups -OCH3 is 3. The van der Waals surface area contributed by atoms with Crippen LogP contribution in [0.15, 0.2) is 42.5 Å². The molecule has 2 aromatic carbocycles. The van der Waals surface area contributed by atoms with E-state index in [-0.39, 0.29) is 17.1 Å². The summed E-state index contributed by atoms with van der Waals surface area (Å²) < 4.78 is 20.3. The van der Waals surface area contributed by atoms with Gasteiger partial charge in [-0.15, -0.1) is 0 Å². The van der Waals surface area contributed by atoms with Gasteiger partial charge in [0.15, 0.2) is 11.5 Å². The van der Waals surface area contributed by atoms with Gasteiger partial charge in [-0.1, -0.05) is 12.1 Å². The minimum absolute atomic E-state index is 0.191. The van der Waals surface area contributed by atoms with Crippen molar-refractivity contribution in [2.24, 2.45) is 0 Å². The molecular weight excluding hydrogens is 300 g/mol. The predicted molar refractivity (Wildman–Crippen MR) is 82.3 cm³/mol. The second-order valence-corrected chi connectivity index (χ2v) is 4.45. The van der Waals surface area contributed by atoms with Crippen molar-refractivity contribution in [1.82, 2.24) is 0 Å². The van der Waals surface area contributed by atoms with E-state index in [9.17, 15) is 9.59 Å². The Bertz CT molecular complexity index is 723. The third kappa shape index (κ3) is 3.60. The summed E-state index contributed by atoms with van der Waals surface area (Å²) in [6, 6.07) is 11.1. The predicted octanol–water partition coefficient (Wildman–Crippen LogP) is 2.71. The lowest BCUT2D eigenvalue weighted by Gasteiger charge is -2.11. The maximum atomic E-state index is 12.3. The lowest BCUT2D eigenvalue weighted by atomic mass is 10.2. The molecule has 120 valence electrons. The molecule has 6 nitrogen and oxygen atoms in total. The Balaban J connectivity index is 2.29. The molecule has 0 spiro atoms. The van der Waals surface area contributed by atoms with Gasteiger partial charge in [0.1, 0.15) is 11.3 Å². The monoisotopic (exact) mass is 316 g/mol. The lowest BCUT2D eigenvalue weighted by molar-refractivity contribution is 0.0600. The van der Waals surface area contributed by atoms with Crippen molar-refractivity contribution < 1.29 is 28.5 Å². The van der Waals surface area contributed by atoms with Gasteiger partial charge in [0.05, 0.1) is 26.9 Å². The van der Waals surface area contributed by atoms with E-state index < -0.39 is 11.9 Å². The van der Waals surface area contributed by atoms with Crippen LogP contribution < -0.4 is 14.2 Å². The first-order valence-corrected chi connectivity index (χ1v) is 6.72. The van der Waals surface area contributed by atoms with Gasteiger partial charge < -0.3 is 18.9 Å². The number of benzene rings is 2. The molecule has 0 aliphatic rings. The number of carbonyl (C=O) groups excluding carboxylic acids is 2. The first kappa shape index (κ1) is 16.4. The van der Waals surface area contributed by atoms with Crippen LogP contribution in [-0.2, 0) is 4.74 Å². The fourth-order valence-electron chi connectivity index (χ4n) is 1.96. The molecule has 0 atom stereocenters. The Kier molecular flexibility index (Phi) is 5.19. The number of para-hydroxylation sites is 1. The summed E-state index contributed by atoms with van der Waals surface area (Å²) in [6.45, 7) is 0. The van der Waals surface area contributed by atoms with Gasteiger partial charge in [-0.25, -0.2) is 9.59 Å². The summed E-state index contributed by atoms with van der Waals surface area (Å²) >= 11 is 0. The van der Waals surface area contributed by atoms with Crippen molar-refractivity contribution in [2.45, 2.75) is 0 Å². The number of hydrogen-bond donors (Lipinski definition) is 0. The first-order chi connectivity index (χ1) is 11.1. The molecule has 0 aliphatic carbocycles. The van der Waals surface area contributed by atoms with E-state index in [4.69, 9.17) is 14.2 Å². The Labute approximate surface area is 133 Å². The molecule has 6 heteroatoms. The molecule has 0 fully saturated rings. The van der Waals surface area contributed by atoms with Crippen molar-refractivity contribution in [3.05, 3.63) is 53.6 Å². The van der Waals surface area contributed by atoms with Gasteiger partial charge in [0.2, 0.25) is 0 Å². The fourth-order valence-corrected chi connectivity index (χ4v) is 1.96. The van der Waals surface area contributed by atoms with E-state index in [0.717, 1.165) is 0 Å². The van der Waals surface area contributed by atoms with Gasteiger partial charge in [0, 0.05) is 0 Å². The molecule has 2 aromatic rings. The van der Waals surface area contributed by atoms with Crippen LogP contribution in [0.1, 0.15) is 20.7 Å². The summed E-state index contributed by atoms with van der Waals surface area (Å²) in [5.74, 6) is -0.257. The summed E-state index contributed by atoms with van der Waals surface area (Å²) in [5, 5.41) is 0. The van der Waals surface area contributed by atoms with Crippen LogP contribution in [0.5, 0.6) is 17.2 Å². The van der Waals surface area contributed by atoms with Crippen molar-refractivity contribution in [2.75, 3.05) is 21.3 Å². The average molecular weight is 316 g/mol. The molecule has 0 unspecified atom stereocenters. The van der Waals surface area contributed by atoms with E-state index in [1.54, 1.807) is 24.3 Å². The highest BCUT2D eigenvalue weighted by atomic mass is 16.6. The van der Waals surface area contributed by atoms with E-state index in [1.807, 2.05) is 0 Å². The maximum absolute atomic E-state index is 12.3. The van der Waals surface area contributed by atoms with E-state index in [1.165, 1.54) is 39.5 Å². The number of esters is 2. The lowest BCUT2D eigenvalue weighted by Crippen LogP contribution is -2.11. The highest BCUT2D eigenvalue weighted by Crippen LogP contribution is 2.30. The zero-order valence-corrected chi connectivity index (χ0v) is 13.0. The molecule has 0 aromatic heterocycles. The highest BCUT2D eigenvalue weighted by Gasteiger charge is 2.17. The van der Waals surface area contributed by atoms with Crippen LogP contribution in [0, 0.1) is 0 Å². The molecule has 0 heterocycles. The van der Waals surface area contributed by atoms with Crippen LogP contribution in [-0.4, -0.2) is 33.3 Å². The molecule has 0 aliphatic heterocycles. The minimum Gasteiger partial charge on any atom is -0.496 e. The zero-order chi connectivity index (χ0) is 16.8. The van der Waals surface area contributed by atoms with Crippen molar-refractivity contribution >= 4 is 11.9 Å². The van der Waals surface area contributed by atoms with Gasteiger partial charge >= 0.3 is 11.9 Å². The molecule has 0 amide bonds. The fraction of sp³-hybridized carbons (Fsp3) is 0.176. The number of ether oxygens (including phenoxy) is 4. The third-order valence-electron chi connectivity index (χ3n) is 3.11. The topological polar surface area (TPSA) is 71.1 Å². The van der Waals surface area contributed by atoms with Gasteiger partial charge in [-0.05, 0) is 30.3 Å². The summed E-state index contributed by atoms with van der Waals surface area (Å²) in [6.07, 6.45) is 0. The summed E-state index contributed by atoms with van der Waals surface area (Å²) in [7, 11) is 4.17. The molecule has 0 saturated heterocycles. The Morgan fingerprint density at radius 3 is 2.13 bits per heavy atom. The van der Waals surface area contributed by atoms with Crippen LogP contribution in [0.25, 0.3) is 0 Å². The SMILES string of the molecule is COC(=O)c1ccc(OC(=O)c2ccccc2OC)c(OC)c1. The van der Waals surface area contributed by atoms with Crippen molar-refractivity contribution in [3.63, 3.8) is 0 Å². The first-order valence-electron chi connectivity index (χ1n) is 6.72. The molecule has 0 radical (unpaired) electrons. The van der Waals surface area contributed by atoms with Crippen LogP contribution in [0.3, 0.4) is 0 Å². The summed E-state index contributed by atoms with van der Waals surface area (Å²) in [5.41, 5.74) is 0.579. The third-order valence-corrected chi connectivity index (χ3v) is 3.11. The quantitative estimate of drug-likeness (QED) is 0.624. The standard InChI is InChI=1S/C17H16O6/c1-20-13-7-5-4-6-12(13)17(19)23-14-9-8-11(16(18)22-3)10-15(14)21-2/h4-10H,1-3H3. The van der Waals surface area contributed by atoms with E-state index >= 15 is 0 Å². The number of rotatable bonds is 5. The van der Waals surface area contributed by atoms with Gasteiger partial charge in [-0.3, -0.25) is 0 Å². The van der Waals surface area contributed by atoms with Crippen LogP contribution >= 0.6 is 0 Å². The maximum Gasteiger partial charge on any atom is 0.347 e. The molecular formula is C17H16O6. The van der Waals surface area contributed by atoms with Crippen molar-refractivity contribution in [1.29, 1.82) is 0 Å². The van der Waals surface area contributed by atoms with Crippen LogP contribution in [0.4, 0.5) is 0 Å². The smallest absolute Gasteiger partial charge is 0.347 e. The zero-order valence-electron chi connectivity index (χ0n) is 13.0. The number of carbonyl (C=O) groups is 2. The van der Waals surface area contributed by atoms with E-state index in [0.29, 0.717) is 11.3 Å². The van der Waals surface area contributed by atoms with Crippen molar-refractivity contribution in [3.8, 4) is 17.2 Å².